The Morgan fingerprint density at radius 3 is 1.95 bits per heavy atom. The number of halogens is 6. The van der Waals surface area contributed by atoms with Gasteiger partial charge in [-0.2, -0.15) is 26.3 Å². The van der Waals surface area contributed by atoms with Crippen molar-refractivity contribution in [1.29, 1.82) is 0 Å². The van der Waals surface area contributed by atoms with E-state index in [1.807, 2.05) is 60.7 Å². The Hall–Kier alpha value is -3.93. The lowest BCUT2D eigenvalue weighted by Crippen LogP contribution is -2.29. The van der Waals surface area contributed by atoms with Crippen LogP contribution in [0.4, 0.5) is 36.8 Å². The van der Waals surface area contributed by atoms with Crippen molar-refractivity contribution < 1.29 is 31.1 Å². The second-order valence-electron chi connectivity index (χ2n) is 8.73. The average molecular weight is 579 g/mol. The monoisotopic (exact) mass is 578 g/mol. The van der Waals surface area contributed by atoms with Crippen LogP contribution in [0.25, 0.3) is 22.5 Å². The number of imidazole rings is 1. The third kappa shape index (κ3) is 7.81. The standard InChI is InChI=1S/C28H24F6N4OS/c29-27(30,31)20-15-21(28(32,33)34)17-22(16-20)36-25(39)35-13-7-8-14-40-26-37-23(18-9-3-1-4-10-18)24(38-26)19-11-5-2-6-12-19/h1-6,9-12,15-17H,7-8,13-14H2,(H,37,38)(H2,35,36,39). The Bertz CT molecular complexity index is 1330. The highest BCUT2D eigenvalue weighted by Gasteiger charge is 2.37. The molecule has 0 bridgehead atoms. The van der Waals surface area contributed by atoms with Crippen LogP contribution >= 0.6 is 11.8 Å². The van der Waals surface area contributed by atoms with Crippen molar-refractivity contribution in [3.8, 4) is 22.5 Å². The highest BCUT2D eigenvalue weighted by molar-refractivity contribution is 7.99. The summed E-state index contributed by atoms with van der Waals surface area (Å²) in [6, 6.07) is 19.6. The number of alkyl halides is 6. The summed E-state index contributed by atoms with van der Waals surface area (Å²) in [7, 11) is 0. The van der Waals surface area contributed by atoms with Gasteiger partial charge in [0, 0.05) is 29.1 Å². The van der Waals surface area contributed by atoms with E-state index in [9.17, 15) is 31.1 Å². The summed E-state index contributed by atoms with van der Waals surface area (Å²) in [6.45, 7) is 0.181. The molecule has 0 radical (unpaired) electrons. The maximum atomic E-state index is 13.0. The lowest BCUT2D eigenvalue weighted by atomic mass is 10.1. The molecule has 2 amide bonds. The van der Waals surface area contributed by atoms with Gasteiger partial charge in [-0.3, -0.25) is 0 Å². The molecule has 0 aliphatic carbocycles. The molecule has 1 heterocycles. The zero-order valence-electron chi connectivity index (χ0n) is 20.9. The predicted octanol–water partition coefficient (Wildman–Crippen LogP) is 8.48. The minimum atomic E-state index is -5.00. The van der Waals surface area contributed by atoms with Crippen molar-refractivity contribution in [1.82, 2.24) is 15.3 Å². The van der Waals surface area contributed by atoms with Crippen LogP contribution in [0, 0.1) is 0 Å². The molecule has 210 valence electrons. The molecule has 0 spiro atoms. The number of carbonyl (C=O) groups excluding carboxylic acids is 1. The minimum absolute atomic E-state index is 0.00534. The van der Waals surface area contributed by atoms with Crippen molar-refractivity contribution in [2.75, 3.05) is 17.6 Å². The fourth-order valence-electron chi connectivity index (χ4n) is 3.84. The summed E-state index contributed by atoms with van der Waals surface area (Å²) >= 11 is 1.51. The van der Waals surface area contributed by atoms with E-state index in [1.54, 1.807) is 0 Å². The van der Waals surface area contributed by atoms with E-state index in [-0.39, 0.29) is 12.6 Å². The molecular formula is C28H24F6N4OS. The van der Waals surface area contributed by atoms with Gasteiger partial charge in [0.15, 0.2) is 5.16 Å². The van der Waals surface area contributed by atoms with Gasteiger partial charge < -0.3 is 15.6 Å². The van der Waals surface area contributed by atoms with Crippen molar-refractivity contribution in [2.45, 2.75) is 30.4 Å². The summed E-state index contributed by atoms with van der Waals surface area (Å²) in [4.78, 5) is 20.2. The summed E-state index contributed by atoms with van der Waals surface area (Å²) in [5, 5.41) is 5.24. The molecule has 0 atom stereocenters. The summed E-state index contributed by atoms with van der Waals surface area (Å²) in [5.41, 5.74) is 0.0990. The number of thioether (sulfide) groups is 1. The first-order chi connectivity index (χ1) is 19.0. The number of H-pyrrole nitrogens is 1. The van der Waals surface area contributed by atoms with Gasteiger partial charge in [-0.25, -0.2) is 9.78 Å². The Labute approximate surface area is 230 Å². The molecule has 12 heteroatoms. The second kappa shape index (κ2) is 12.5. The van der Waals surface area contributed by atoms with E-state index >= 15 is 0 Å². The largest absolute Gasteiger partial charge is 0.416 e. The molecule has 4 rings (SSSR count). The predicted molar refractivity (Wildman–Crippen MR) is 143 cm³/mol. The molecule has 40 heavy (non-hydrogen) atoms. The topological polar surface area (TPSA) is 69.8 Å². The number of nitrogens with zero attached hydrogens (tertiary/aromatic N) is 1. The van der Waals surface area contributed by atoms with Crippen LogP contribution in [0.2, 0.25) is 0 Å². The number of nitrogens with one attached hydrogen (secondary N) is 3. The van der Waals surface area contributed by atoms with Gasteiger partial charge in [-0.15, -0.1) is 0 Å². The normalized spacial score (nSPS) is 11.8. The molecule has 3 N–H and O–H groups in total. The van der Waals surface area contributed by atoms with Crippen LogP contribution in [0.3, 0.4) is 0 Å². The van der Waals surface area contributed by atoms with Crippen molar-refractivity contribution in [3.63, 3.8) is 0 Å². The number of benzene rings is 3. The van der Waals surface area contributed by atoms with Gasteiger partial charge in [0.2, 0.25) is 0 Å². The van der Waals surface area contributed by atoms with E-state index in [1.165, 1.54) is 11.8 Å². The molecule has 0 saturated heterocycles. The first-order valence-electron chi connectivity index (χ1n) is 12.2. The number of aromatic nitrogens is 2. The third-order valence-corrected chi connectivity index (χ3v) is 6.69. The zero-order valence-corrected chi connectivity index (χ0v) is 21.7. The number of amides is 2. The Morgan fingerprint density at radius 1 is 0.800 bits per heavy atom. The number of anilines is 1. The molecule has 3 aromatic carbocycles. The molecule has 0 aliphatic heterocycles. The van der Waals surface area contributed by atoms with Crippen molar-refractivity contribution in [3.05, 3.63) is 90.0 Å². The van der Waals surface area contributed by atoms with Gasteiger partial charge in [-0.1, -0.05) is 72.4 Å². The number of carbonyl (C=O) groups is 1. The lowest BCUT2D eigenvalue weighted by Gasteiger charge is -2.15. The van der Waals surface area contributed by atoms with Crippen LogP contribution in [-0.2, 0) is 12.4 Å². The van der Waals surface area contributed by atoms with Crippen LogP contribution in [0.15, 0.2) is 84.0 Å². The average Bonchev–Trinajstić information content (AvgIpc) is 3.35. The highest BCUT2D eigenvalue weighted by atomic mass is 32.2. The van der Waals surface area contributed by atoms with Crippen molar-refractivity contribution >= 4 is 23.5 Å². The van der Waals surface area contributed by atoms with Crippen LogP contribution in [-0.4, -0.2) is 28.3 Å². The van der Waals surface area contributed by atoms with E-state index in [2.05, 4.69) is 15.6 Å². The van der Waals surface area contributed by atoms with Gasteiger partial charge in [0.05, 0.1) is 22.5 Å². The number of rotatable bonds is 9. The SMILES string of the molecule is O=C(NCCCCSc1nc(-c2ccccc2)c(-c2ccccc2)[nH]1)Nc1cc(C(F)(F)F)cc(C(F)(F)F)c1. The highest BCUT2D eigenvalue weighted by Crippen LogP contribution is 2.37. The van der Waals surface area contributed by atoms with Crippen LogP contribution < -0.4 is 10.6 Å². The lowest BCUT2D eigenvalue weighted by molar-refractivity contribution is -0.143. The smallest absolute Gasteiger partial charge is 0.338 e. The van der Waals surface area contributed by atoms with Gasteiger partial charge in [0.1, 0.15) is 0 Å². The Kier molecular flexibility index (Phi) is 9.08. The number of hydrogen-bond donors (Lipinski definition) is 3. The quantitative estimate of drug-likeness (QED) is 0.106. The maximum absolute atomic E-state index is 13.0. The van der Waals surface area contributed by atoms with Crippen LogP contribution in [0.5, 0.6) is 0 Å². The number of hydrogen-bond acceptors (Lipinski definition) is 3. The molecule has 5 nitrogen and oxygen atoms in total. The molecular weight excluding hydrogens is 554 g/mol. The Morgan fingerprint density at radius 2 is 1.38 bits per heavy atom. The minimum Gasteiger partial charge on any atom is -0.338 e. The number of unbranched alkanes of at least 4 members (excludes halogenated alkanes) is 1. The molecule has 4 aromatic rings. The molecule has 0 fully saturated rings. The molecule has 0 unspecified atom stereocenters. The van der Waals surface area contributed by atoms with E-state index in [0.29, 0.717) is 30.7 Å². The summed E-state index contributed by atoms with van der Waals surface area (Å²) in [5.74, 6) is 0.668. The Balaban J connectivity index is 1.29. The van der Waals surface area contributed by atoms with Gasteiger partial charge in [0.25, 0.3) is 0 Å². The van der Waals surface area contributed by atoms with E-state index in [4.69, 9.17) is 4.98 Å². The van der Waals surface area contributed by atoms with E-state index < -0.39 is 35.2 Å². The number of urea groups is 1. The summed E-state index contributed by atoms with van der Waals surface area (Å²) < 4.78 is 78.1. The van der Waals surface area contributed by atoms with E-state index in [0.717, 1.165) is 27.7 Å². The third-order valence-electron chi connectivity index (χ3n) is 5.73. The zero-order chi connectivity index (χ0) is 28.8. The maximum Gasteiger partial charge on any atom is 0.416 e. The number of aromatic amines is 1. The fourth-order valence-corrected chi connectivity index (χ4v) is 4.71. The second-order valence-corrected chi connectivity index (χ2v) is 9.81. The van der Waals surface area contributed by atoms with Gasteiger partial charge in [-0.05, 0) is 31.0 Å². The first kappa shape index (κ1) is 29.1. The molecule has 0 aliphatic rings. The first-order valence-corrected chi connectivity index (χ1v) is 13.2. The summed E-state index contributed by atoms with van der Waals surface area (Å²) in [6.07, 6.45) is -8.78. The molecule has 0 saturated carbocycles. The van der Waals surface area contributed by atoms with Crippen LogP contribution in [0.1, 0.15) is 24.0 Å². The molecule has 1 aromatic heterocycles. The fraction of sp³-hybridized carbons (Fsp3) is 0.214. The van der Waals surface area contributed by atoms with Crippen molar-refractivity contribution in [2.24, 2.45) is 0 Å². The van der Waals surface area contributed by atoms with Gasteiger partial charge >= 0.3 is 18.4 Å².